The fourth-order valence-corrected chi connectivity index (χ4v) is 6.06. The van der Waals surface area contributed by atoms with Gasteiger partial charge in [0.05, 0.1) is 24.8 Å². The first-order chi connectivity index (χ1) is 19.9. The normalized spacial score (nSPS) is 12.0. The highest BCUT2D eigenvalue weighted by Crippen LogP contribution is 2.34. The molecule has 42 heavy (non-hydrogen) atoms. The highest BCUT2D eigenvalue weighted by molar-refractivity contribution is 7.92. The van der Waals surface area contributed by atoms with Crippen LogP contribution >= 0.6 is 0 Å². The summed E-state index contributed by atoms with van der Waals surface area (Å²) in [5.41, 5.74) is 2.96. The van der Waals surface area contributed by atoms with Gasteiger partial charge in [-0.05, 0) is 63.9 Å². The Morgan fingerprint density at radius 2 is 1.55 bits per heavy atom. The van der Waals surface area contributed by atoms with Gasteiger partial charge in [-0.25, -0.2) is 8.42 Å². The first-order valence-electron chi connectivity index (χ1n) is 13.9. The predicted molar refractivity (Wildman–Crippen MR) is 164 cm³/mol. The van der Waals surface area contributed by atoms with Crippen molar-refractivity contribution in [2.45, 2.75) is 64.6 Å². The SMILES string of the molecule is CC[C@H](C(=O)NC(C)C)N(Cc1cccc(C)c1)C(=O)CN(c1ccc(OC)c(OC)c1)S(=O)(=O)c1ccc(C)cc1. The van der Waals surface area contributed by atoms with E-state index in [0.717, 1.165) is 21.0 Å². The number of nitrogens with zero attached hydrogens (tertiary/aromatic N) is 2. The molecule has 0 saturated heterocycles. The number of rotatable bonds is 13. The van der Waals surface area contributed by atoms with Crippen molar-refractivity contribution >= 4 is 27.5 Å². The van der Waals surface area contributed by atoms with Crippen LogP contribution in [-0.2, 0) is 26.2 Å². The minimum absolute atomic E-state index is 0.0329. The fourth-order valence-electron chi connectivity index (χ4n) is 4.65. The molecule has 0 unspecified atom stereocenters. The molecule has 0 aliphatic heterocycles. The molecule has 0 fully saturated rings. The molecule has 9 nitrogen and oxygen atoms in total. The van der Waals surface area contributed by atoms with Gasteiger partial charge in [-0.15, -0.1) is 0 Å². The third-order valence-corrected chi connectivity index (χ3v) is 8.58. The number of benzene rings is 3. The van der Waals surface area contributed by atoms with Gasteiger partial charge in [0.1, 0.15) is 12.6 Å². The van der Waals surface area contributed by atoms with E-state index in [1.807, 2.05) is 58.9 Å². The van der Waals surface area contributed by atoms with E-state index in [2.05, 4.69) is 5.32 Å². The maximum Gasteiger partial charge on any atom is 0.264 e. The van der Waals surface area contributed by atoms with Crippen LogP contribution in [0.5, 0.6) is 11.5 Å². The largest absolute Gasteiger partial charge is 0.493 e. The van der Waals surface area contributed by atoms with Crippen molar-refractivity contribution in [2.24, 2.45) is 0 Å². The van der Waals surface area contributed by atoms with E-state index in [0.29, 0.717) is 17.9 Å². The summed E-state index contributed by atoms with van der Waals surface area (Å²) in [4.78, 5) is 29.0. The van der Waals surface area contributed by atoms with Gasteiger partial charge >= 0.3 is 0 Å². The monoisotopic (exact) mass is 595 g/mol. The molecule has 2 amide bonds. The molecule has 1 atom stereocenters. The number of carbonyl (C=O) groups is 2. The molecule has 226 valence electrons. The van der Waals surface area contributed by atoms with Gasteiger partial charge in [-0.3, -0.25) is 13.9 Å². The van der Waals surface area contributed by atoms with Crippen molar-refractivity contribution in [1.29, 1.82) is 0 Å². The molecular weight excluding hydrogens is 554 g/mol. The summed E-state index contributed by atoms with van der Waals surface area (Å²) in [7, 11) is -1.27. The van der Waals surface area contributed by atoms with E-state index in [1.54, 1.807) is 24.3 Å². The van der Waals surface area contributed by atoms with Gasteiger partial charge in [0.2, 0.25) is 11.8 Å². The number of carbonyl (C=O) groups excluding carboxylic acids is 2. The Kier molecular flexibility index (Phi) is 11.0. The zero-order valence-corrected chi connectivity index (χ0v) is 26.2. The zero-order valence-electron chi connectivity index (χ0n) is 25.4. The van der Waals surface area contributed by atoms with E-state index >= 15 is 0 Å². The van der Waals surface area contributed by atoms with Crippen LogP contribution in [0.2, 0.25) is 0 Å². The second-order valence-electron chi connectivity index (χ2n) is 10.5. The number of amides is 2. The van der Waals surface area contributed by atoms with Crippen LogP contribution in [0.25, 0.3) is 0 Å². The topological polar surface area (TPSA) is 105 Å². The van der Waals surface area contributed by atoms with E-state index in [1.165, 1.54) is 37.3 Å². The Balaban J connectivity index is 2.12. The Hall–Kier alpha value is -4.05. The van der Waals surface area contributed by atoms with Crippen molar-refractivity contribution in [1.82, 2.24) is 10.2 Å². The third kappa shape index (κ3) is 7.82. The minimum Gasteiger partial charge on any atom is -0.493 e. The molecule has 0 heterocycles. The number of anilines is 1. The molecule has 3 aromatic rings. The predicted octanol–water partition coefficient (Wildman–Crippen LogP) is 4.85. The number of methoxy groups -OCH3 is 2. The lowest BCUT2D eigenvalue weighted by molar-refractivity contribution is -0.140. The maximum atomic E-state index is 14.2. The fraction of sp³-hybridized carbons (Fsp3) is 0.375. The van der Waals surface area contributed by atoms with E-state index in [9.17, 15) is 18.0 Å². The zero-order chi connectivity index (χ0) is 31.0. The summed E-state index contributed by atoms with van der Waals surface area (Å²) in [6.07, 6.45) is 0.344. The van der Waals surface area contributed by atoms with Crippen LogP contribution in [0, 0.1) is 13.8 Å². The van der Waals surface area contributed by atoms with Gasteiger partial charge < -0.3 is 19.7 Å². The molecule has 0 aromatic heterocycles. The summed E-state index contributed by atoms with van der Waals surface area (Å²) < 4.78 is 40.0. The second-order valence-corrected chi connectivity index (χ2v) is 12.3. The Labute approximate surface area is 249 Å². The summed E-state index contributed by atoms with van der Waals surface area (Å²) in [6.45, 7) is 8.94. The van der Waals surface area contributed by atoms with Crippen molar-refractivity contribution in [3.8, 4) is 11.5 Å². The van der Waals surface area contributed by atoms with Gasteiger partial charge in [0.15, 0.2) is 11.5 Å². The van der Waals surface area contributed by atoms with Crippen molar-refractivity contribution in [3.63, 3.8) is 0 Å². The van der Waals surface area contributed by atoms with Crippen LogP contribution in [-0.4, -0.2) is 58.0 Å². The van der Waals surface area contributed by atoms with Crippen LogP contribution in [0.3, 0.4) is 0 Å². The highest BCUT2D eigenvalue weighted by Gasteiger charge is 2.34. The summed E-state index contributed by atoms with van der Waals surface area (Å²) >= 11 is 0. The second kappa shape index (κ2) is 14.2. The summed E-state index contributed by atoms with van der Waals surface area (Å²) in [5.74, 6) is -0.0936. The lowest BCUT2D eigenvalue weighted by Gasteiger charge is -2.33. The van der Waals surface area contributed by atoms with Crippen molar-refractivity contribution in [3.05, 3.63) is 83.4 Å². The molecule has 0 bridgehead atoms. The first kappa shape index (κ1) is 32.5. The molecule has 0 saturated carbocycles. The Morgan fingerprint density at radius 3 is 2.12 bits per heavy atom. The number of hydrogen-bond donors (Lipinski definition) is 1. The van der Waals surface area contributed by atoms with Crippen molar-refractivity contribution in [2.75, 3.05) is 25.1 Å². The smallest absolute Gasteiger partial charge is 0.264 e. The molecule has 0 aliphatic carbocycles. The van der Waals surface area contributed by atoms with Crippen LogP contribution < -0.4 is 19.1 Å². The van der Waals surface area contributed by atoms with Gasteiger partial charge in [-0.2, -0.15) is 0 Å². The number of aryl methyl sites for hydroxylation is 2. The lowest BCUT2D eigenvalue weighted by Crippen LogP contribution is -2.53. The Morgan fingerprint density at radius 1 is 0.881 bits per heavy atom. The third-order valence-electron chi connectivity index (χ3n) is 6.80. The maximum absolute atomic E-state index is 14.2. The molecule has 0 spiro atoms. The molecule has 10 heteroatoms. The van der Waals surface area contributed by atoms with Gasteiger partial charge in [-0.1, -0.05) is 54.4 Å². The van der Waals surface area contributed by atoms with Crippen LogP contribution in [0.15, 0.2) is 71.6 Å². The first-order valence-corrected chi connectivity index (χ1v) is 15.3. The van der Waals surface area contributed by atoms with Crippen LogP contribution in [0.1, 0.15) is 43.9 Å². The quantitative estimate of drug-likeness (QED) is 0.303. The van der Waals surface area contributed by atoms with E-state index < -0.39 is 28.5 Å². The number of nitrogens with one attached hydrogen (secondary N) is 1. The van der Waals surface area contributed by atoms with Crippen molar-refractivity contribution < 1.29 is 27.5 Å². The van der Waals surface area contributed by atoms with Crippen LogP contribution in [0.4, 0.5) is 5.69 Å². The average molecular weight is 596 g/mol. The summed E-state index contributed by atoms with van der Waals surface area (Å²) in [5, 5.41) is 2.91. The number of hydrogen-bond acceptors (Lipinski definition) is 6. The summed E-state index contributed by atoms with van der Waals surface area (Å²) in [6, 6.07) is 17.8. The highest BCUT2D eigenvalue weighted by atomic mass is 32.2. The van der Waals surface area contributed by atoms with E-state index in [4.69, 9.17) is 9.47 Å². The molecule has 0 aliphatic rings. The average Bonchev–Trinajstić information content (AvgIpc) is 2.95. The number of sulfonamides is 1. The minimum atomic E-state index is -4.21. The van der Waals surface area contributed by atoms with Gasteiger partial charge in [0.25, 0.3) is 10.0 Å². The lowest BCUT2D eigenvalue weighted by atomic mass is 10.1. The molecular formula is C32H41N3O6S. The molecule has 3 rings (SSSR count). The van der Waals surface area contributed by atoms with Gasteiger partial charge in [0, 0.05) is 18.7 Å². The van der Waals surface area contributed by atoms with E-state index in [-0.39, 0.29) is 29.1 Å². The molecule has 3 aromatic carbocycles. The standard InChI is InChI=1S/C32H41N3O6S/c1-8-28(32(37)33-22(2)3)34(20-25-11-9-10-24(5)18-25)31(36)21-35(26-14-17-29(40-6)30(19-26)41-7)42(38,39)27-15-12-23(4)13-16-27/h9-19,22,28H,8,20-21H2,1-7H3,(H,33,37)/t28-/m1/s1. The molecule has 1 N–H and O–H groups in total. The number of ether oxygens (including phenoxy) is 2. The molecule has 0 radical (unpaired) electrons. The Bertz CT molecular complexity index is 1490.